The third kappa shape index (κ3) is 6.49. The van der Waals surface area contributed by atoms with Crippen molar-refractivity contribution in [2.24, 2.45) is 0 Å². The standard InChI is InChI=1S/C37H43N5O2S/c1-25(2)36-39-40-37(45-36)27-14-16-31(17-15-27)44-34-23-28(12-13-29(34)24-41-22-6-11-35(41)43)33-10-5-9-32(26-18-20-38-21-19-26)42(33)30-7-3-4-8-30/h5,9-10,12-18,23,25,30,33,38H,3-4,6-8,11,19-22,24H2,1-2H3. The van der Waals surface area contributed by atoms with Crippen molar-refractivity contribution in [1.82, 2.24) is 25.3 Å². The number of carbonyl (C=O) groups excluding carboxylic acids is 1. The van der Waals surface area contributed by atoms with Crippen molar-refractivity contribution < 1.29 is 9.53 Å². The molecular formula is C37H43N5O2S. The molecule has 0 radical (unpaired) electrons. The van der Waals surface area contributed by atoms with Gasteiger partial charge in [0.2, 0.25) is 5.91 Å². The highest BCUT2D eigenvalue weighted by molar-refractivity contribution is 7.14. The van der Waals surface area contributed by atoms with Gasteiger partial charge >= 0.3 is 0 Å². The maximum Gasteiger partial charge on any atom is 0.222 e. The van der Waals surface area contributed by atoms with Gasteiger partial charge in [0.1, 0.15) is 21.5 Å². The number of rotatable bonds is 9. The molecule has 4 aliphatic rings. The van der Waals surface area contributed by atoms with E-state index in [0.717, 1.165) is 65.1 Å². The van der Waals surface area contributed by atoms with Gasteiger partial charge in [-0.2, -0.15) is 0 Å². The average Bonchev–Trinajstić information content (AvgIpc) is 3.86. The molecule has 3 aromatic rings. The topological polar surface area (TPSA) is 70.6 Å². The van der Waals surface area contributed by atoms with E-state index >= 15 is 0 Å². The van der Waals surface area contributed by atoms with Crippen LogP contribution in [0.3, 0.4) is 0 Å². The van der Waals surface area contributed by atoms with E-state index in [4.69, 9.17) is 4.74 Å². The van der Waals surface area contributed by atoms with Gasteiger partial charge in [-0.05, 0) is 79.8 Å². The van der Waals surface area contributed by atoms with Crippen molar-refractivity contribution >= 4 is 17.2 Å². The Labute approximate surface area is 270 Å². The monoisotopic (exact) mass is 621 g/mol. The molecule has 3 aliphatic heterocycles. The average molecular weight is 622 g/mol. The fraction of sp³-hybridized carbons (Fsp3) is 0.432. The molecule has 2 fully saturated rings. The van der Waals surface area contributed by atoms with E-state index in [-0.39, 0.29) is 11.9 Å². The number of ether oxygens (including phenoxy) is 1. The van der Waals surface area contributed by atoms with Crippen molar-refractivity contribution in [3.8, 4) is 22.1 Å². The summed E-state index contributed by atoms with van der Waals surface area (Å²) in [7, 11) is 0. The van der Waals surface area contributed by atoms with Crippen LogP contribution in [0.15, 0.2) is 78.0 Å². The third-order valence-corrected chi connectivity index (χ3v) is 10.7. The van der Waals surface area contributed by atoms with Gasteiger partial charge in [-0.3, -0.25) is 4.79 Å². The molecule has 4 heterocycles. The Morgan fingerprint density at radius 2 is 1.89 bits per heavy atom. The quantitative estimate of drug-likeness (QED) is 0.262. The van der Waals surface area contributed by atoms with Crippen LogP contribution >= 0.6 is 11.3 Å². The van der Waals surface area contributed by atoms with Gasteiger partial charge in [0, 0.05) is 54.8 Å². The van der Waals surface area contributed by atoms with Crippen LogP contribution in [0.1, 0.15) is 86.9 Å². The molecule has 8 heteroatoms. The second-order valence-electron chi connectivity index (χ2n) is 12.9. The summed E-state index contributed by atoms with van der Waals surface area (Å²) in [6, 6.07) is 15.5. The lowest BCUT2D eigenvalue weighted by atomic mass is 9.93. The molecule has 1 amide bonds. The number of likely N-dealkylation sites (tertiary alicyclic amines) is 1. The highest BCUT2D eigenvalue weighted by atomic mass is 32.1. The van der Waals surface area contributed by atoms with Gasteiger partial charge in [-0.15, -0.1) is 10.2 Å². The summed E-state index contributed by atoms with van der Waals surface area (Å²) < 4.78 is 6.68. The van der Waals surface area contributed by atoms with Crippen molar-refractivity contribution in [3.63, 3.8) is 0 Å². The van der Waals surface area contributed by atoms with Gasteiger partial charge in [-0.25, -0.2) is 0 Å². The maximum atomic E-state index is 12.6. The SMILES string of the molecule is CC(C)c1nnc(-c2ccc(Oc3cc(C4C=CC=C(C5=CCNCC5)N4C4CCCC4)ccc3CN3CCCC3=O)cc2)s1. The lowest BCUT2D eigenvalue weighted by molar-refractivity contribution is -0.128. The molecular weight excluding hydrogens is 579 g/mol. The molecule has 7 nitrogen and oxygen atoms in total. The van der Waals surface area contributed by atoms with E-state index in [1.807, 2.05) is 17.0 Å². The molecule has 1 aliphatic carbocycles. The number of hydrogen-bond acceptors (Lipinski definition) is 7. The molecule has 2 aromatic carbocycles. The molecule has 0 spiro atoms. The Hall–Kier alpha value is -3.75. The van der Waals surface area contributed by atoms with Crippen molar-refractivity contribution in [3.05, 3.63) is 94.2 Å². The van der Waals surface area contributed by atoms with Crippen LogP contribution in [0.5, 0.6) is 11.5 Å². The molecule has 1 aromatic heterocycles. The zero-order valence-electron chi connectivity index (χ0n) is 26.4. The Balaban J connectivity index is 1.20. The summed E-state index contributed by atoms with van der Waals surface area (Å²) in [6.45, 7) is 7.59. The van der Waals surface area contributed by atoms with Crippen LogP contribution in [0.25, 0.3) is 10.6 Å². The summed E-state index contributed by atoms with van der Waals surface area (Å²) in [5.74, 6) is 2.17. The van der Waals surface area contributed by atoms with E-state index in [9.17, 15) is 4.79 Å². The maximum absolute atomic E-state index is 12.6. The van der Waals surface area contributed by atoms with Crippen LogP contribution in [0.4, 0.5) is 0 Å². The number of aromatic nitrogens is 2. The highest BCUT2D eigenvalue weighted by Gasteiger charge is 2.33. The molecule has 7 rings (SSSR count). The highest BCUT2D eigenvalue weighted by Crippen LogP contribution is 2.42. The van der Waals surface area contributed by atoms with Gasteiger partial charge in [-0.1, -0.05) is 68.4 Å². The molecule has 1 unspecified atom stereocenters. The zero-order chi connectivity index (χ0) is 30.8. The van der Waals surface area contributed by atoms with E-state index in [1.54, 1.807) is 11.3 Å². The third-order valence-electron chi connectivity index (χ3n) is 9.47. The second-order valence-corrected chi connectivity index (χ2v) is 13.9. The first-order valence-corrected chi connectivity index (χ1v) is 17.4. The van der Waals surface area contributed by atoms with Crippen molar-refractivity contribution in [2.75, 3.05) is 19.6 Å². The summed E-state index contributed by atoms with van der Waals surface area (Å²) in [6.07, 6.45) is 16.9. The number of nitrogens with zero attached hydrogens (tertiary/aromatic N) is 4. The van der Waals surface area contributed by atoms with Crippen molar-refractivity contribution in [2.45, 2.75) is 83.3 Å². The van der Waals surface area contributed by atoms with Crippen LogP contribution < -0.4 is 10.1 Å². The zero-order valence-corrected chi connectivity index (χ0v) is 27.2. The minimum atomic E-state index is 0.128. The van der Waals surface area contributed by atoms with Crippen LogP contribution in [0.2, 0.25) is 0 Å². The first-order chi connectivity index (χ1) is 22.0. The van der Waals surface area contributed by atoms with Gasteiger partial charge in [0.25, 0.3) is 0 Å². The minimum Gasteiger partial charge on any atom is -0.457 e. The number of benzene rings is 2. The second kappa shape index (κ2) is 13.3. The number of hydrogen-bond donors (Lipinski definition) is 1. The van der Waals surface area contributed by atoms with Crippen LogP contribution in [-0.2, 0) is 11.3 Å². The fourth-order valence-electron chi connectivity index (χ4n) is 7.02. The Morgan fingerprint density at radius 3 is 2.60 bits per heavy atom. The number of amides is 1. The first kappa shape index (κ1) is 29.9. The van der Waals surface area contributed by atoms with Crippen LogP contribution in [-0.4, -0.2) is 51.6 Å². The summed E-state index contributed by atoms with van der Waals surface area (Å²) in [5, 5.41) is 14.2. The largest absolute Gasteiger partial charge is 0.457 e. The number of nitrogens with one attached hydrogen (secondary N) is 1. The predicted molar refractivity (Wildman–Crippen MR) is 180 cm³/mol. The lowest BCUT2D eigenvalue weighted by Crippen LogP contribution is -2.38. The van der Waals surface area contributed by atoms with E-state index in [0.29, 0.717) is 24.9 Å². The summed E-state index contributed by atoms with van der Waals surface area (Å²) in [5.41, 5.74) is 6.11. The van der Waals surface area contributed by atoms with E-state index in [2.05, 4.69) is 88.9 Å². The number of carbonyl (C=O) groups is 1. The van der Waals surface area contributed by atoms with Gasteiger partial charge < -0.3 is 19.9 Å². The number of allylic oxidation sites excluding steroid dienone is 3. The summed E-state index contributed by atoms with van der Waals surface area (Å²) >= 11 is 1.64. The minimum absolute atomic E-state index is 0.128. The molecule has 234 valence electrons. The normalized spacial score (nSPS) is 20.7. The van der Waals surface area contributed by atoms with Crippen LogP contribution in [0, 0.1) is 0 Å². The molecule has 1 atom stereocenters. The van der Waals surface area contributed by atoms with Gasteiger partial charge in [0.15, 0.2) is 0 Å². The lowest BCUT2D eigenvalue weighted by Gasteiger charge is -2.42. The molecule has 45 heavy (non-hydrogen) atoms. The molecule has 1 saturated carbocycles. The fourth-order valence-corrected chi connectivity index (χ4v) is 7.87. The molecule has 1 N–H and O–H groups in total. The Kier molecular flexibility index (Phi) is 8.85. The Bertz CT molecular complexity index is 1620. The van der Waals surface area contributed by atoms with Gasteiger partial charge in [0.05, 0.1) is 6.04 Å². The molecule has 0 bridgehead atoms. The smallest absolute Gasteiger partial charge is 0.222 e. The van der Waals surface area contributed by atoms with E-state index < -0.39 is 0 Å². The first-order valence-electron chi connectivity index (χ1n) is 16.6. The Morgan fingerprint density at radius 1 is 1.04 bits per heavy atom. The van der Waals surface area contributed by atoms with E-state index in [1.165, 1.54) is 42.5 Å². The molecule has 1 saturated heterocycles. The van der Waals surface area contributed by atoms with Crippen molar-refractivity contribution in [1.29, 1.82) is 0 Å². The predicted octanol–water partition coefficient (Wildman–Crippen LogP) is 7.90. The summed E-state index contributed by atoms with van der Waals surface area (Å²) in [4.78, 5) is 17.2.